The SMILES string of the molecule is OC[C@]12O[C@H]1[C@@H](O)[C@H]1C[C@@H]2CO1. The molecule has 5 atom stereocenters. The molecule has 4 heteroatoms. The molecular formula is C8H12O4. The summed E-state index contributed by atoms with van der Waals surface area (Å²) >= 11 is 0. The molecule has 0 unspecified atom stereocenters. The second-order valence-electron chi connectivity index (χ2n) is 3.95. The van der Waals surface area contributed by atoms with Crippen LogP contribution in [0, 0.1) is 5.92 Å². The number of aliphatic hydroxyl groups excluding tert-OH is 2. The lowest BCUT2D eigenvalue weighted by Crippen LogP contribution is -2.43. The number of rotatable bonds is 1. The molecule has 3 aliphatic rings. The van der Waals surface area contributed by atoms with E-state index in [9.17, 15) is 5.11 Å². The van der Waals surface area contributed by atoms with E-state index in [0.29, 0.717) is 12.5 Å². The van der Waals surface area contributed by atoms with Crippen LogP contribution in [0.25, 0.3) is 0 Å². The van der Waals surface area contributed by atoms with Crippen molar-refractivity contribution in [2.24, 2.45) is 5.92 Å². The molecule has 3 fully saturated rings. The smallest absolute Gasteiger partial charge is 0.126 e. The van der Waals surface area contributed by atoms with Gasteiger partial charge >= 0.3 is 0 Å². The van der Waals surface area contributed by atoms with Crippen molar-refractivity contribution in [2.75, 3.05) is 13.2 Å². The highest BCUT2D eigenvalue weighted by molar-refractivity contribution is 5.17. The van der Waals surface area contributed by atoms with Gasteiger partial charge < -0.3 is 19.7 Å². The van der Waals surface area contributed by atoms with E-state index in [1.807, 2.05) is 0 Å². The third-order valence-electron chi connectivity index (χ3n) is 3.43. The van der Waals surface area contributed by atoms with Gasteiger partial charge in [-0.1, -0.05) is 0 Å². The Bertz CT molecular complexity index is 219. The molecule has 0 aromatic carbocycles. The van der Waals surface area contributed by atoms with Crippen LogP contribution in [0.3, 0.4) is 0 Å². The fourth-order valence-corrected chi connectivity index (χ4v) is 2.58. The number of epoxide rings is 1. The van der Waals surface area contributed by atoms with E-state index in [-0.39, 0.29) is 18.8 Å². The van der Waals surface area contributed by atoms with Gasteiger partial charge in [-0.2, -0.15) is 0 Å². The Kier molecular flexibility index (Phi) is 1.22. The van der Waals surface area contributed by atoms with E-state index in [1.165, 1.54) is 0 Å². The third-order valence-corrected chi connectivity index (χ3v) is 3.43. The van der Waals surface area contributed by atoms with Crippen LogP contribution in [-0.4, -0.2) is 47.3 Å². The Morgan fingerprint density at radius 2 is 2.33 bits per heavy atom. The number of aliphatic hydroxyl groups is 2. The highest BCUT2D eigenvalue weighted by atomic mass is 16.6. The fraction of sp³-hybridized carbons (Fsp3) is 1.00. The zero-order valence-corrected chi connectivity index (χ0v) is 6.64. The van der Waals surface area contributed by atoms with Crippen molar-refractivity contribution in [3.8, 4) is 0 Å². The van der Waals surface area contributed by atoms with Crippen LogP contribution in [0.15, 0.2) is 0 Å². The van der Waals surface area contributed by atoms with Crippen molar-refractivity contribution in [3.05, 3.63) is 0 Å². The molecule has 2 N–H and O–H groups in total. The van der Waals surface area contributed by atoms with Crippen molar-refractivity contribution in [1.82, 2.24) is 0 Å². The first-order valence-electron chi connectivity index (χ1n) is 4.36. The highest BCUT2D eigenvalue weighted by Crippen LogP contribution is 2.54. The molecule has 1 aliphatic carbocycles. The first-order valence-corrected chi connectivity index (χ1v) is 4.36. The molecule has 2 saturated heterocycles. The molecule has 3 rings (SSSR count). The molecule has 0 aromatic rings. The summed E-state index contributed by atoms with van der Waals surface area (Å²) in [7, 11) is 0. The summed E-state index contributed by atoms with van der Waals surface area (Å²) in [6, 6.07) is 0. The van der Waals surface area contributed by atoms with Gasteiger partial charge in [0.05, 0.1) is 19.3 Å². The molecular weight excluding hydrogens is 160 g/mol. The van der Waals surface area contributed by atoms with E-state index in [0.717, 1.165) is 6.42 Å². The highest BCUT2D eigenvalue weighted by Gasteiger charge is 2.70. The van der Waals surface area contributed by atoms with E-state index in [1.54, 1.807) is 0 Å². The quantitative estimate of drug-likeness (QED) is 0.493. The second-order valence-corrected chi connectivity index (χ2v) is 3.95. The van der Waals surface area contributed by atoms with Crippen molar-refractivity contribution in [3.63, 3.8) is 0 Å². The van der Waals surface area contributed by atoms with Crippen LogP contribution in [0.2, 0.25) is 0 Å². The zero-order valence-electron chi connectivity index (χ0n) is 6.64. The second kappa shape index (κ2) is 2.01. The van der Waals surface area contributed by atoms with Gasteiger partial charge in [-0.15, -0.1) is 0 Å². The van der Waals surface area contributed by atoms with Gasteiger partial charge in [0.15, 0.2) is 0 Å². The lowest BCUT2D eigenvalue weighted by molar-refractivity contribution is -0.0145. The lowest BCUT2D eigenvalue weighted by Gasteiger charge is -2.24. The number of ether oxygens (including phenoxy) is 2. The van der Waals surface area contributed by atoms with Crippen LogP contribution < -0.4 is 0 Å². The maximum Gasteiger partial charge on any atom is 0.126 e. The summed E-state index contributed by atoms with van der Waals surface area (Å²) in [5, 5.41) is 18.8. The minimum absolute atomic E-state index is 0.00940. The minimum atomic E-state index is -0.532. The van der Waals surface area contributed by atoms with Crippen LogP contribution in [0.4, 0.5) is 0 Å². The summed E-state index contributed by atoms with van der Waals surface area (Å²) in [5.41, 5.74) is -0.452. The molecule has 12 heavy (non-hydrogen) atoms. The van der Waals surface area contributed by atoms with E-state index in [2.05, 4.69) is 0 Å². The van der Waals surface area contributed by atoms with Crippen LogP contribution in [-0.2, 0) is 9.47 Å². The Morgan fingerprint density at radius 3 is 3.08 bits per heavy atom. The van der Waals surface area contributed by atoms with Crippen LogP contribution in [0.1, 0.15) is 6.42 Å². The van der Waals surface area contributed by atoms with Crippen molar-refractivity contribution < 1.29 is 19.7 Å². The Balaban J connectivity index is 1.93. The first kappa shape index (κ1) is 7.26. The van der Waals surface area contributed by atoms with Crippen LogP contribution in [0.5, 0.6) is 0 Å². The summed E-state index contributed by atoms with van der Waals surface area (Å²) in [5.74, 6) is 0.292. The maximum absolute atomic E-state index is 9.64. The van der Waals surface area contributed by atoms with Gasteiger partial charge in [0, 0.05) is 5.92 Å². The predicted octanol–water partition coefficient (Wildman–Crippen LogP) is -1.10. The van der Waals surface area contributed by atoms with E-state index < -0.39 is 11.7 Å². The van der Waals surface area contributed by atoms with Gasteiger partial charge in [0.25, 0.3) is 0 Å². The molecule has 1 saturated carbocycles. The van der Waals surface area contributed by atoms with Gasteiger partial charge in [0.2, 0.25) is 0 Å². The average Bonchev–Trinajstić information content (AvgIpc) is 2.68. The molecule has 0 radical (unpaired) electrons. The molecule has 2 aliphatic heterocycles. The fourth-order valence-electron chi connectivity index (χ4n) is 2.58. The largest absolute Gasteiger partial charge is 0.393 e. The molecule has 0 spiro atoms. The van der Waals surface area contributed by atoms with Gasteiger partial charge in [0.1, 0.15) is 17.8 Å². The van der Waals surface area contributed by atoms with E-state index >= 15 is 0 Å². The van der Waals surface area contributed by atoms with Crippen molar-refractivity contribution in [1.29, 1.82) is 0 Å². The molecule has 0 amide bonds. The predicted molar refractivity (Wildman–Crippen MR) is 38.5 cm³/mol. The summed E-state index contributed by atoms with van der Waals surface area (Å²) in [4.78, 5) is 0. The monoisotopic (exact) mass is 172 g/mol. The normalized spacial score (nSPS) is 61.5. The molecule has 2 bridgehead atoms. The Labute approximate surface area is 70.1 Å². The maximum atomic E-state index is 9.64. The number of hydrogen-bond acceptors (Lipinski definition) is 4. The summed E-state index contributed by atoms with van der Waals surface area (Å²) < 4.78 is 10.8. The first-order chi connectivity index (χ1) is 5.78. The molecule has 2 heterocycles. The standard InChI is InChI=1S/C8H12O4/c9-3-8-4-1-5(11-2-4)6(10)7(8)12-8/h4-7,9-10H,1-3H2/t4-,5-,6+,7+,8-/m1/s1. The summed E-state index contributed by atoms with van der Waals surface area (Å²) in [6.45, 7) is 0.633. The van der Waals surface area contributed by atoms with Crippen molar-refractivity contribution in [2.45, 2.75) is 30.3 Å². The topological polar surface area (TPSA) is 62.2 Å². The number of hydrogen-bond donors (Lipinski definition) is 2. The number of fused-ring (bicyclic) bond motifs is 4. The van der Waals surface area contributed by atoms with E-state index in [4.69, 9.17) is 14.6 Å². The lowest BCUT2D eigenvalue weighted by atomic mass is 9.79. The van der Waals surface area contributed by atoms with Gasteiger partial charge in [-0.05, 0) is 6.42 Å². The van der Waals surface area contributed by atoms with Crippen LogP contribution >= 0.6 is 0 Å². The Morgan fingerprint density at radius 1 is 1.50 bits per heavy atom. The molecule has 4 nitrogen and oxygen atoms in total. The molecule has 0 aromatic heterocycles. The van der Waals surface area contributed by atoms with Crippen molar-refractivity contribution >= 4 is 0 Å². The average molecular weight is 172 g/mol. The Hall–Kier alpha value is -0.160. The zero-order chi connectivity index (χ0) is 8.34. The van der Waals surface area contributed by atoms with Gasteiger partial charge in [-0.25, -0.2) is 0 Å². The van der Waals surface area contributed by atoms with Gasteiger partial charge in [-0.3, -0.25) is 0 Å². The summed E-state index contributed by atoms with van der Waals surface area (Å²) in [6.07, 6.45) is 0.0740. The third kappa shape index (κ3) is 0.633. The molecule has 68 valence electrons. The minimum Gasteiger partial charge on any atom is -0.393 e.